The van der Waals surface area contributed by atoms with Crippen molar-refractivity contribution >= 4 is 5.91 Å². The van der Waals surface area contributed by atoms with Crippen molar-refractivity contribution in [2.75, 3.05) is 19.8 Å². The summed E-state index contributed by atoms with van der Waals surface area (Å²) in [7, 11) is 0. The molecule has 4 nitrogen and oxygen atoms in total. The van der Waals surface area contributed by atoms with Gasteiger partial charge in [-0.05, 0) is 0 Å². The molecule has 1 aromatic rings. The summed E-state index contributed by atoms with van der Waals surface area (Å²) < 4.78 is 22.6. The van der Waals surface area contributed by atoms with Gasteiger partial charge in [0.15, 0.2) is 0 Å². The molecule has 0 aliphatic carbocycles. The molecule has 114 valence electrons. The molecule has 0 atom stereocenters. The first-order valence-electron chi connectivity index (χ1n) is 6.40. The first-order valence-corrected chi connectivity index (χ1v) is 8.10. The Kier molecular flexibility index (Phi) is 8.01. The van der Waals surface area contributed by atoms with Crippen LogP contribution in [0.15, 0.2) is 30.3 Å². The third-order valence-electron chi connectivity index (χ3n) is 2.65. The van der Waals surface area contributed by atoms with E-state index in [1.807, 2.05) is 32.0 Å². The van der Waals surface area contributed by atoms with E-state index in [9.17, 15) is 7.65 Å². The van der Waals surface area contributed by atoms with Gasteiger partial charge in [0.2, 0.25) is 0 Å². The maximum atomic E-state index is 12.2. The summed E-state index contributed by atoms with van der Waals surface area (Å²) in [4.78, 5) is 11.7. The molecule has 0 bridgehead atoms. The molecule has 0 unspecified atom stereocenters. The Hall–Kier alpha value is -0.730. The first-order chi connectivity index (χ1) is 9.55. The summed E-state index contributed by atoms with van der Waals surface area (Å²) in [6.07, 6.45) is 0.628. The molecule has 0 saturated heterocycles. The van der Waals surface area contributed by atoms with E-state index in [1.54, 1.807) is 12.1 Å². The Labute approximate surface area is 130 Å². The monoisotopic (exact) mass is 396 g/mol. The van der Waals surface area contributed by atoms with Crippen molar-refractivity contribution in [1.82, 2.24) is 5.32 Å². The van der Waals surface area contributed by atoms with Crippen LogP contribution in [0, 0.1) is 0 Å². The van der Waals surface area contributed by atoms with Crippen LogP contribution in [0.5, 0.6) is 0 Å². The molecule has 20 heavy (non-hydrogen) atoms. The third kappa shape index (κ3) is 7.16. The van der Waals surface area contributed by atoms with Crippen molar-refractivity contribution in [3.05, 3.63) is 35.9 Å². The van der Waals surface area contributed by atoms with Crippen molar-refractivity contribution in [3.63, 3.8) is 0 Å². The van der Waals surface area contributed by atoms with Gasteiger partial charge in [0.25, 0.3) is 0 Å². The fraction of sp³-hybridized carbons (Fsp3) is 0.500. The van der Waals surface area contributed by atoms with Crippen molar-refractivity contribution in [2.24, 2.45) is 0 Å². The van der Waals surface area contributed by atoms with Gasteiger partial charge in [-0.3, -0.25) is 0 Å². The van der Waals surface area contributed by atoms with Gasteiger partial charge in [0.05, 0.1) is 0 Å². The van der Waals surface area contributed by atoms with E-state index in [1.165, 1.54) is 0 Å². The molecule has 1 N–H and O–H groups in total. The minimum atomic E-state index is -1.66. The number of ether oxygens (including phenoxy) is 1. The molecule has 0 radical (unpaired) electrons. The Bertz CT molecular complexity index is 401. The summed E-state index contributed by atoms with van der Waals surface area (Å²) in [6, 6.07) is 9.03. The second-order valence-electron chi connectivity index (χ2n) is 4.88. The van der Waals surface area contributed by atoms with Gasteiger partial charge >= 0.3 is 124 Å². The van der Waals surface area contributed by atoms with E-state index >= 15 is 0 Å². The van der Waals surface area contributed by atoms with Crippen LogP contribution in [0.25, 0.3) is 0 Å². The Balaban J connectivity index is 2.09. The zero-order valence-electron chi connectivity index (χ0n) is 11.7. The summed E-state index contributed by atoms with van der Waals surface area (Å²) in [5.41, 5.74) is 0.156. The predicted molar refractivity (Wildman–Crippen MR) is 70.5 cm³/mol. The van der Waals surface area contributed by atoms with Crippen LogP contribution >= 0.6 is 0 Å². The van der Waals surface area contributed by atoms with Gasteiger partial charge in [-0.25, -0.2) is 0 Å². The molecule has 0 aliphatic heterocycles. The summed E-state index contributed by atoms with van der Waals surface area (Å²) in [6.45, 7) is 5.04. The number of halogens is 2. The topological polar surface area (TPSA) is 47.6 Å². The fourth-order valence-corrected chi connectivity index (χ4v) is 2.14. The normalized spacial score (nSPS) is 11.6. The van der Waals surface area contributed by atoms with Crippen molar-refractivity contribution in [2.45, 2.75) is 25.9 Å². The van der Waals surface area contributed by atoms with E-state index in [2.05, 4.69) is 5.32 Å². The van der Waals surface area contributed by atoms with E-state index in [4.69, 9.17) is 7.80 Å². The van der Waals surface area contributed by atoms with Crippen LogP contribution in [0.2, 0.25) is 0 Å². The van der Waals surface area contributed by atoms with Gasteiger partial charge in [-0.2, -0.15) is 0 Å². The van der Waals surface area contributed by atoms with Crippen LogP contribution in [-0.2, 0) is 7.80 Å². The van der Waals surface area contributed by atoms with Crippen LogP contribution in [0.4, 0.5) is 2.86 Å². The molecular formula is C14H20FINO3-. The van der Waals surface area contributed by atoms with Crippen LogP contribution in [0.1, 0.15) is 30.6 Å². The van der Waals surface area contributed by atoms with Crippen molar-refractivity contribution < 1.29 is 37.7 Å². The van der Waals surface area contributed by atoms with Crippen molar-refractivity contribution in [1.29, 1.82) is 0 Å². The standard InChI is InChI=1S/C14H20FINO3/c1-14(2,20-16-15)8-10-19-11-9-17-13(18)12-6-4-3-5-7-12/h3-7H,8-11H2,1-2H3,(H,17,18)/q-1. The van der Waals surface area contributed by atoms with Gasteiger partial charge in [0, 0.05) is 0 Å². The van der Waals surface area contributed by atoms with Gasteiger partial charge < -0.3 is 0 Å². The molecule has 1 aromatic carbocycles. The number of rotatable bonds is 9. The summed E-state index contributed by atoms with van der Waals surface area (Å²) >= 11 is -1.66. The third-order valence-corrected chi connectivity index (χ3v) is 4.01. The summed E-state index contributed by atoms with van der Waals surface area (Å²) in [5, 5.41) is 2.77. The molecular weight excluding hydrogens is 376 g/mol. The number of carbonyl (C=O) groups is 1. The fourth-order valence-electron chi connectivity index (χ4n) is 1.47. The zero-order valence-corrected chi connectivity index (χ0v) is 13.9. The maximum absolute atomic E-state index is 12.2. The van der Waals surface area contributed by atoms with E-state index in [0.717, 1.165) is 0 Å². The predicted octanol–water partition coefficient (Wildman–Crippen LogP) is -0.493. The quantitative estimate of drug-likeness (QED) is 0.453. The first kappa shape index (κ1) is 17.3. The molecule has 0 aliphatic rings. The van der Waals surface area contributed by atoms with Crippen LogP contribution in [0.3, 0.4) is 0 Å². The summed E-state index contributed by atoms with van der Waals surface area (Å²) in [5.74, 6) is -0.111. The second-order valence-corrected chi connectivity index (χ2v) is 5.65. The number of amides is 1. The Morgan fingerprint density at radius 1 is 1.30 bits per heavy atom. The average molecular weight is 396 g/mol. The zero-order chi connectivity index (χ0) is 14.8. The molecule has 1 amide bonds. The van der Waals surface area contributed by atoms with E-state index in [-0.39, 0.29) is 5.91 Å². The van der Waals surface area contributed by atoms with Gasteiger partial charge in [-0.1, -0.05) is 6.07 Å². The second kappa shape index (κ2) is 9.25. The van der Waals surface area contributed by atoms with E-state index in [0.29, 0.717) is 31.7 Å². The van der Waals surface area contributed by atoms with E-state index < -0.39 is 27.8 Å². The molecule has 1 rings (SSSR count). The SMILES string of the molecule is CC(C)(CCOCCNC(=O)c1ccccc1)O[I-]F. The molecule has 0 heterocycles. The van der Waals surface area contributed by atoms with Gasteiger partial charge in [0.1, 0.15) is 0 Å². The van der Waals surface area contributed by atoms with Crippen LogP contribution < -0.4 is 27.5 Å². The molecule has 0 aromatic heterocycles. The molecule has 0 spiro atoms. The number of hydrogen-bond acceptors (Lipinski definition) is 3. The number of nitrogens with one attached hydrogen (secondary N) is 1. The van der Waals surface area contributed by atoms with Gasteiger partial charge in [-0.15, -0.1) is 0 Å². The molecule has 6 heteroatoms. The Morgan fingerprint density at radius 3 is 2.65 bits per heavy atom. The molecule has 0 saturated carbocycles. The number of carbonyl (C=O) groups excluding carboxylic acids is 1. The average Bonchev–Trinajstić information content (AvgIpc) is 2.43. The Morgan fingerprint density at radius 2 is 2.00 bits per heavy atom. The number of hydrogen-bond donors (Lipinski definition) is 1. The van der Waals surface area contributed by atoms with Crippen molar-refractivity contribution in [3.8, 4) is 0 Å². The minimum absolute atomic E-state index is 0.111. The van der Waals surface area contributed by atoms with Crippen LogP contribution in [-0.4, -0.2) is 31.3 Å². The number of benzene rings is 1. The molecule has 0 fully saturated rings.